The van der Waals surface area contributed by atoms with Crippen molar-refractivity contribution in [3.8, 4) is 0 Å². The molecule has 0 atom stereocenters. The molecule has 2 aliphatic rings. The first-order valence-corrected chi connectivity index (χ1v) is 13.5. The lowest BCUT2D eigenvalue weighted by molar-refractivity contribution is -0.356. The molecule has 2 aromatic heterocycles. The minimum Gasteiger partial charge on any atom is -0.350 e. The number of halogens is 7. The van der Waals surface area contributed by atoms with E-state index in [9.17, 15) is 40.3 Å². The first-order chi connectivity index (χ1) is 20.2. The molecule has 2 aromatic carbocycles. The predicted octanol–water partition coefficient (Wildman–Crippen LogP) is 6.39. The van der Waals surface area contributed by atoms with Crippen LogP contribution in [0.15, 0.2) is 60.8 Å². The zero-order valence-corrected chi connectivity index (χ0v) is 22.7. The molecule has 2 amide bonds. The lowest BCUT2D eigenvalue weighted by Crippen LogP contribution is -2.54. The molecule has 43 heavy (non-hydrogen) atoms. The van der Waals surface area contributed by atoms with Crippen LogP contribution >= 0.6 is 0 Å². The van der Waals surface area contributed by atoms with Gasteiger partial charge >= 0.3 is 18.0 Å². The van der Waals surface area contributed by atoms with E-state index in [2.05, 4.69) is 5.32 Å². The maximum Gasteiger partial charge on any atom is 0.459 e. The lowest BCUT2D eigenvalue weighted by atomic mass is 9.92. The van der Waals surface area contributed by atoms with E-state index < -0.39 is 42.3 Å². The van der Waals surface area contributed by atoms with E-state index >= 15 is 0 Å². The van der Waals surface area contributed by atoms with Crippen molar-refractivity contribution in [2.24, 2.45) is 7.05 Å². The number of hydrogen-bond donors (Lipinski definition) is 1. The smallest absolute Gasteiger partial charge is 0.350 e. The van der Waals surface area contributed by atoms with Gasteiger partial charge in [-0.05, 0) is 38.1 Å². The van der Waals surface area contributed by atoms with Gasteiger partial charge < -0.3 is 14.5 Å². The topological polar surface area (TPSA) is 59.3 Å². The summed E-state index contributed by atoms with van der Waals surface area (Å²) in [4.78, 5) is 28.4. The quantitative estimate of drug-likeness (QED) is 0.205. The first-order valence-electron chi connectivity index (χ1n) is 13.5. The number of fused-ring (bicyclic) bond motifs is 2. The van der Waals surface area contributed by atoms with Crippen LogP contribution < -0.4 is 10.2 Å². The van der Waals surface area contributed by atoms with Crippen molar-refractivity contribution in [3.63, 3.8) is 0 Å². The number of aromatic nitrogens is 2. The first kappa shape index (κ1) is 29.0. The molecule has 0 saturated carbocycles. The maximum absolute atomic E-state index is 15.0. The Morgan fingerprint density at radius 3 is 2.12 bits per heavy atom. The number of nitrogens with zero attached hydrogens (tertiary/aromatic N) is 3. The van der Waals surface area contributed by atoms with Gasteiger partial charge in [-0.2, -0.15) is 30.7 Å². The Morgan fingerprint density at radius 2 is 1.47 bits per heavy atom. The van der Waals surface area contributed by atoms with E-state index in [0.29, 0.717) is 36.9 Å². The number of para-hydroxylation sites is 2. The van der Waals surface area contributed by atoms with Gasteiger partial charge in [-0.25, -0.2) is 4.90 Å². The number of carbonyl (C=O) groups excluding carboxylic acids is 2. The van der Waals surface area contributed by atoms with Crippen molar-refractivity contribution < 1.29 is 40.3 Å². The van der Waals surface area contributed by atoms with Crippen molar-refractivity contribution in [3.05, 3.63) is 72.1 Å². The number of hydrogen-bond acceptors (Lipinski definition) is 3. The summed E-state index contributed by atoms with van der Waals surface area (Å²) in [6.45, 7) is -1.20. The molecule has 4 heterocycles. The van der Waals surface area contributed by atoms with E-state index in [0.717, 1.165) is 21.1 Å². The summed E-state index contributed by atoms with van der Waals surface area (Å²) < 4.78 is 100. The number of carbonyl (C=O) groups is 2. The summed E-state index contributed by atoms with van der Waals surface area (Å²) in [6.07, 6.45) is -3.07. The number of nitrogens with one attached hydrogen (secondary N) is 1. The molecule has 6 nitrogen and oxygen atoms in total. The van der Waals surface area contributed by atoms with Crippen molar-refractivity contribution >= 4 is 44.9 Å². The fourth-order valence-electron chi connectivity index (χ4n) is 6.16. The monoisotopic (exact) mass is 606 g/mol. The van der Waals surface area contributed by atoms with E-state index in [1.54, 1.807) is 29.9 Å². The number of benzene rings is 2. The van der Waals surface area contributed by atoms with Gasteiger partial charge in [0.2, 0.25) is 0 Å². The normalized spacial score (nSPS) is 17.5. The van der Waals surface area contributed by atoms with E-state index in [-0.39, 0.29) is 27.9 Å². The second-order valence-corrected chi connectivity index (χ2v) is 10.8. The molecule has 1 N–H and O–H groups in total. The van der Waals surface area contributed by atoms with Crippen LogP contribution in [0.2, 0.25) is 0 Å². The zero-order chi connectivity index (χ0) is 30.9. The Balaban J connectivity index is 1.54. The van der Waals surface area contributed by atoms with Gasteiger partial charge in [-0.1, -0.05) is 36.4 Å². The van der Waals surface area contributed by atoms with Gasteiger partial charge in [0.05, 0.1) is 23.3 Å². The van der Waals surface area contributed by atoms with Crippen LogP contribution in [0.25, 0.3) is 27.4 Å². The van der Waals surface area contributed by atoms with Gasteiger partial charge in [0, 0.05) is 52.8 Å². The fourth-order valence-corrected chi connectivity index (χ4v) is 6.16. The predicted molar refractivity (Wildman–Crippen MR) is 146 cm³/mol. The van der Waals surface area contributed by atoms with E-state index in [1.165, 1.54) is 24.3 Å². The van der Waals surface area contributed by atoms with Gasteiger partial charge in [-0.15, -0.1) is 0 Å². The van der Waals surface area contributed by atoms with Crippen LogP contribution in [0.3, 0.4) is 0 Å². The Labute approximate surface area is 240 Å². The van der Waals surface area contributed by atoms with E-state index in [1.807, 2.05) is 12.1 Å². The van der Waals surface area contributed by atoms with Crippen LogP contribution in [0.5, 0.6) is 0 Å². The minimum absolute atomic E-state index is 0.0452. The highest BCUT2D eigenvalue weighted by atomic mass is 19.4. The summed E-state index contributed by atoms with van der Waals surface area (Å²) in [5.41, 5.74) is 1.05. The highest BCUT2D eigenvalue weighted by Crippen LogP contribution is 2.50. The van der Waals surface area contributed by atoms with Crippen molar-refractivity contribution in [2.75, 3.05) is 18.0 Å². The Bertz CT molecular complexity index is 1800. The average Bonchev–Trinajstić information content (AvgIpc) is 3.56. The third-order valence-electron chi connectivity index (χ3n) is 8.21. The van der Waals surface area contributed by atoms with Crippen molar-refractivity contribution in [1.82, 2.24) is 14.5 Å². The summed E-state index contributed by atoms with van der Waals surface area (Å²) >= 11 is 0. The van der Waals surface area contributed by atoms with Crippen LogP contribution in [0.1, 0.15) is 30.0 Å². The Morgan fingerprint density at radius 1 is 0.860 bits per heavy atom. The fraction of sp³-hybridized carbons (Fsp3) is 0.333. The van der Waals surface area contributed by atoms with Crippen molar-refractivity contribution in [2.45, 2.75) is 43.3 Å². The van der Waals surface area contributed by atoms with Crippen molar-refractivity contribution in [1.29, 1.82) is 0 Å². The molecule has 226 valence electrons. The highest BCUT2D eigenvalue weighted by Gasteiger charge is 2.73. The number of amides is 2. The summed E-state index contributed by atoms with van der Waals surface area (Å²) in [6, 6.07) is 12.9. The lowest BCUT2D eigenvalue weighted by Gasteiger charge is -2.31. The molecular formula is C30H25F7N4O2. The zero-order valence-electron chi connectivity index (χ0n) is 22.7. The molecule has 0 bridgehead atoms. The third kappa shape index (κ3) is 4.43. The molecule has 2 aliphatic heterocycles. The van der Waals surface area contributed by atoms with Crippen LogP contribution in [0.4, 0.5) is 36.4 Å². The second-order valence-electron chi connectivity index (χ2n) is 10.8. The number of anilines is 1. The van der Waals surface area contributed by atoms with Crippen LogP contribution in [-0.4, -0.2) is 52.1 Å². The van der Waals surface area contributed by atoms with Crippen LogP contribution in [0, 0.1) is 0 Å². The second kappa shape index (κ2) is 9.97. The third-order valence-corrected chi connectivity index (χ3v) is 8.21. The number of piperidine rings is 1. The molecule has 1 fully saturated rings. The van der Waals surface area contributed by atoms with Gasteiger partial charge in [0.1, 0.15) is 0 Å². The molecule has 0 unspecified atom stereocenters. The molecule has 1 saturated heterocycles. The molecule has 6 rings (SSSR count). The van der Waals surface area contributed by atoms with E-state index in [4.69, 9.17) is 0 Å². The molecular weight excluding hydrogens is 581 g/mol. The molecule has 0 aliphatic carbocycles. The highest BCUT2D eigenvalue weighted by molar-refractivity contribution is 6.45. The maximum atomic E-state index is 15.0. The van der Waals surface area contributed by atoms with Crippen LogP contribution in [-0.2, 0) is 23.2 Å². The SMILES string of the molecule is Cn1cc(C2=CC(=O)N(c3c(C4CCNCC4)n(CC(F)(F)C(F)(F)C(F)(F)F)c4ccccc34)C2=O)c2ccccc21. The summed E-state index contributed by atoms with van der Waals surface area (Å²) in [5.74, 6) is -14.0. The number of alkyl halides is 7. The number of imide groups is 1. The summed E-state index contributed by atoms with van der Waals surface area (Å²) in [7, 11) is 1.77. The van der Waals surface area contributed by atoms with Gasteiger partial charge in [-0.3, -0.25) is 9.59 Å². The summed E-state index contributed by atoms with van der Waals surface area (Å²) in [5, 5.41) is 3.90. The molecule has 0 spiro atoms. The number of aryl methyl sites for hydroxylation is 1. The van der Waals surface area contributed by atoms with Gasteiger partial charge in [0.25, 0.3) is 11.8 Å². The minimum atomic E-state index is -6.50. The molecule has 13 heteroatoms. The standard InChI is InChI=1S/C30H25F7N4O2/c1-39-15-21(18-6-2-4-8-22(18)39)20-14-24(42)41(27(20)43)26-19-7-3-5-9-23(19)40(25(26)17-10-12-38-13-11-17)16-28(31,32)29(33,34)30(35,36)37/h2-9,14-15,17,38H,10-13,16H2,1H3. The average molecular weight is 607 g/mol. The Hall–Kier alpha value is -4.13. The molecule has 4 aromatic rings. The Kier molecular flexibility index (Phi) is 6.71. The largest absolute Gasteiger partial charge is 0.459 e. The number of rotatable bonds is 6. The molecule has 0 radical (unpaired) electrons. The van der Waals surface area contributed by atoms with Gasteiger partial charge in [0.15, 0.2) is 0 Å².